The number of benzene rings is 2. The fourth-order valence-electron chi connectivity index (χ4n) is 5.16. The topological polar surface area (TPSA) is 58.7 Å². The molecule has 6 heteroatoms. The van der Waals surface area contributed by atoms with E-state index in [2.05, 4.69) is 42.7 Å². The first-order valence-corrected chi connectivity index (χ1v) is 14.4. The molecule has 0 fully saturated rings. The van der Waals surface area contributed by atoms with Crippen LogP contribution < -0.4 is 5.56 Å². The average Bonchev–Trinajstić information content (AvgIpc) is 3.33. The molecule has 2 unspecified atom stereocenters. The van der Waals surface area contributed by atoms with Crippen LogP contribution in [0.15, 0.2) is 87.6 Å². The van der Waals surface area contributed by atoms with Crippen LogP contribution in [0.2, 0.25) is 0 Å². The van der Waals surface area contributed by atoms with Crippen LogP contribution >= 0.6 is 23.4 Å². The van der Waals surface area contributed by atoms with Gasteiger partial charge in [0.1, 0.15) is 5.82 Å². The Bertz CT molecular complexity index is 1540. The number of allylic oxidation sites excluding steroid dienone is 4. The van der Waals surface area contributed by atoms with Crippen LogP contribution in [0.3, 0.4) is 0 Å². The van der Waals surface area contributed by atoms with Crippen molar-refractivity contribution in [2.75, 3.05) is 0 Å². The molecule has 1 aromatic heterocycles. The van der Waals surface area contributed by atoms with Gasteiger partial charge in [0.25, 0.3) is 5.56 Å². The van der Waals surface area contributed by atoms with Crippen molar-refractivity contribution < 1.29 is 0 Å². The lowest BCUT2D eigenvalue weighted by molar-refractivity contribution is 0.618. The SMILES string of the molecule is CCCCc1nc(C)n(CC2=CSC3C=CC(Cl)=CC23)c(=O)c1Cc1ccc(-c2ccccc2C#N)cc1. The monoisotopic (exact) mass is 539 g/mol. The Morgan fingerprint density at radius 2 is 1.95 bits per heavy atom. The zero-order chi connectivity index (χ0) is 26.6. The summed E-state index contributed by atoms with van der Waals surface area (Å²) in [6, 6.07) is 18.1. The van der Waals surface area contributed by atoms with E-state index in [0.717, 1.165) is 58.1 Å². The highest BCUT2D eigenvalue weighted by molar-refractivity contribution is 8.03. The Morgan fingerprint density at radius 1 is 1.16 bits per heavy atom. The molecular formula is C32H30ClN3OS. The number of thioether (sulfide) groups is 1. The lowest BCUT2D eigenvalue weighted by Gasteiger charge is -2.21. The van der Waals surface area contributed by atoms with Gasteiger partial charge in [-0.1, -0.05) is 79.6 Å². The Hall–Kier alpha value is -3.33. The van der Waals surface area contributed by atoms with E-state index in [1.165, 1.54) is 5.57 Å². The van der Waals surface area contributed by atoms with E-state index in [0.29, 0.717) is 23.8 Å². The largest absolute Gasteiger partial charge is 0.292 e. The van der Waals surface area contributed by atoms with Crippen molar-refractivity contribution in [1.29, 1.82) is 5.26 Å². The molecule has 0 spiro atoms. The van der Waals surface area contributed by atoms with Crippen molar-refractivity contribution in [3.63, 3.8) is 0 Å². The van der Waals surface area contributed by atoms with E-state index in [1.54, 1.807) is 11.8 Å². The van der Waals surface area contributed by atoms with Crippen LogP contribution in [0, 0.1) is 24.2 Å². The normalized spacial score (nSPS) is 18.1. The number of aromatic nitrogens is 2. The molecule has 192 valence electrons. The lowest BCUT2D eigenvalue weighted by Crippen LogP contribution is -2.31. The van der Waals surface area contributed by atoms with E-state index in [-0.39, 0.29) is 11.5 Å². The smallest absolute Gasteiger partial charge is 0.257 e. The minimum absolute atomic E-state index is 0.0401. The maximum Gasteiger partial charge on any atom is 0.257 e. The number of nitrogens with zero attached hydrogens (tertiary/aromatic N) is 3. The van der Waals surface area contributed by atoms with Crippen LogP contribution in [-0.4, -0.2) is 14.8 Å². The van der Waals surface area contributed by atoms with Crippen molar-refractivity contribution in [2.45, 2.75) is 51.3 Å². The fraction of sp³-hybridized carbons (Fsp3) is 0.281. The van der Waals surface area contributed by atoms with Crippen LogP contribution in [0.25, 0.3) is 11.1 Å². The van der Waals surface area contributed by atoms with Crippen LogP contribution in [0.5, 0.6) is 0 Å². The summed E-state index contributed by atoms with van der Waals surface area (Å²) in [5.41, 5.74) is 6.52. The number of hydrogen-bond acceptors (Lipinski definition) is 4. The van der Waals surface area contributed by atoms with Gasteiger partial charge < -0.3 is 0 Å². The quantitative estimate of drug-likeness (QED) is 0.300. The Morgan fingerprint density at radius 3 is 2.71 bits per heavy atom. The molecule has 2 aliphatic rings. The van der Waals surface area contributed by atoms with Crippen molar-refractivity contribution in [1.82, 2.24) is 9.55 Å². The summed E-state index contributed by atoms with van der Waals surface area (Å²) >= 11 is 8.09. The molecule has 2 heterocycles. The van der Waals surface area contributed by atoms with E-state index in [4.69, 9.17) is 16.6 Å². The third-order valence-corrected chi connectivity index (χ3v) is 8.74. The number of aryl methyl sites for hydroxylation is 2. The Balaban J connectivity index is 1.46. The standard InChI is InChI=1S/C32H30ClN3OS/c1-3-4-9-30-29(16-22-10-12-23(13-11-22)27-8-6-5-7-24(27)18-34)32(37)36(21(2)35-30)19-25-20-38-31-15-14-26(33)17-28(25)31/h5-8,10-15,17,20,28,31H,3-4,9,16,19H2,1-2H3. The zero-order valence-corrected chi connectivity index (χ0v) is 23.2. The first kappa shape index (κ1) is 26.3. The molecule has 0 amide bonds. The number of halogens is 1. The van der Waals surface area contributed by atoms with Gasteiger partial charge in [-0.2, -0.15) is 5.26 Å². The molecule has 4 nitrogen and oxygen atoms in total. The van der Waals surface area contributed by atoms with Gasteiger partial charge in [-0.25, -0.2) is 4.98 Å². The minimum atomic E-state index is 0.0401. The molecular weight excluding hydrogens is 510 g/mol. The van der Waals surface area contributed by atoms with Crippen LogP contribution in [0.4, 0.5) is 0 Å². The molecule has 0 radical (unpaired) electrons. The highest BCUT2D eigenvalue weighted by Crippen LogP contribution is 2.41. The van der Waals surface area contributed by atoms with Gasteiger partial charge >= 0.3 is 0 Å². The molecule has 5 rings (SSSR count). The van der Waals surface area contributed by atoms with Gasteiger partial charge in [-0.05, 0) is 59.6 Å². The number of fused-ring (bicyclic) bond motifs is 1. The van der Waals surface area contributed by atoms with Gasteiger partial charge in [0.05, 0.1) is 17.3 Å². The third-order valence-electron chi connectivity index (χ3n) is 7.28. The second-order valence-corrected chi connectivity index (χ2v) is 11.3. The highest BCUT2D eigenvalue weighted by Gasteiger charge is 2.30. The molecule has 0 N–H and O–H groups in total. The van der Waals surface area contributed by atoms with Crippen LogP contribution in [0.1, 0.15) is 48.0 Å². The lowest BCUT2D eigenvalue weighted by atomic mass is 9.92. The number of unbranched alkanes of at least 4 members (excludes halogenated alkanes) is 1. The Kier molecular flexibility index (Phi) is 8.02. The summed E-state index contributed by atoms with van der Waals surface area (Å²) in [5, 5.41) is 12.7. The highest BCUT2D eigenvalue weighted by atomic mass is 35.5. The van der Waals surface area contributed by atoms with Crippen molar-refractivity contribution in [3.8, 4) is 17.2 Å². The third kappa shape index (κ3) is 5.43. The molecule has 3 aromatic rings. The van der Waals surface area contributed by atoms with E-state index in [9.17, 15) is 10.1 Å². The summed E-state index contributed by atoms with van der Waals surface area (Å²) in [7, 11) is 0. The molecule has 0 saturated carbocycles. The van der Waals surface area contributed by atoms with Crippen molar-refractivity contribution in [3.05, 3.63) is 121 Å². The maximum absolute atomic E-state index is 14.0. The average molecular weight is 540 g/mol. The number of rotatable bonds is 8. The minimum Gasteiger partial charge on any atom is -0.292 e. The molecule has 0 bridgehead atoms. The first-order valence-electron chi connectivity index (χ1n) is 13.1. The summed E-state index contributed by atoms with van der Waals surface area (Å²) in [4.78, 5) is 18.9. The van der Waals surface area contributed by atoms with Crippen molar-refractivity contribution in [2.24, 2.45) is 5.92 Å². The number of nitriles is 1. The predicted molar refractivity (Wildman–Crippen MR) is 157 cm³/mol. The fourth-order valence-corrected chi connectivity index (χ4v) is 6.52. The van der Waals surface area contributed by atoms with E-state index >= 15 is 0 Å². The molecule has 2 atom stereocenters. The van der Waals surface area contributed by atoms with Gasteiger partial charge in [0, 0.05) is 34.7 Å². The second kappa shape index (κ2) is 11.6. The molecule has 2 aromatic carbocycles. The molecule has 38 heavy (non-hydrogen) atoms. The number of hydrogen-bond donors (Lipinski definition) is 0. The van der Waals surface area contributed by atoms with Gasteiger partial charge in [0.15, 0.2) is 0 Å². The van der Waals surface area contributed by atoms with Gasteiger partial charge in [0.2, 0.25) is 0 Å². The molecule has 1 aliphatic heterocycles. The van der Waals surface area contributed by atoms with Crippen molar-refractivity contribution >= 4 is 23.4 Å². The molecule has 0 saturated heterocycles. The van der Waals surface area contributed by atoms with Gasteiger partial charge in [-0.15, -0.1) is 11.8 Å². The molecule has 1 aliphatic carbocycles. The van der Waals surface area contributed by atoms with E-state index in [1.807, 2.05) is 54.0 Å². The summed E-state index contributed by atoms with van der Waals surface area (Å²) in [6.45, 7) is 4.61. The summed E-state index contributed by atoms with van der Waals surface area (Å²) < 4.78 is 1.83. The predicted octanol–water partition coefficient (Wildman–Crippen LogP) is 7.33. The summed E-state index contributed by atoms with van der Waals surface area (Å²) in [6.07, 6.45) is 9.55. The Labute approximate surface area is 233 Å². The zero-order valence-electron chi connectivity index (χ0n) is 21.7. The first-order chi connectivity index (χ1) is 18.5. The van der Waals surface area contributed by atoms with Gasteiger partial charge in [-0.3, -0.25) is 9.36 Å². The van der Waals surface area contributed by atoms with E-state index < -0.39 is 0 Å². The maximum atomic E-state index is 14.0. The second-order valence-electron chi connectivity index (χ2n) is 9.84. The summed E-state index contributed by atoms with van der Waals surface area (Å²) in [5.74, 6) is 0.958. The van der Waals surface area contributed by atoms with Crippen LogP contribution in [-0.2, 0) is 19.4 Å².